The van der Waals surface area contributed by atoms with Crippen LogP contribution in [0, 0.1) is 5.92 Å². The number of benzene rings is 1. The van der Waals surface area contributed by atoms with Gasteiger partial charge >= 0.3 is 0 Å². The maximum atomic E-state index is 12.3. The van der Waals surface area contributed by atoms with Gasteiger partial charge < -0.3 is 15.5 Å². The van der Waals surface area contributed by atoms with Gasteiger partial charge in [-0.05, 0) is 18.2 Å². The minimum Gasteiger partial charge on any atom is -0.352 e. The van der Waals surface area contributed by atoms with E-state index in [9.17, 15) is 9.59 Å². The van der Waals surface area contributed by atoms with Crippen molar-refractivity contribution in [1.82, 2.24) is 20.1 Å². The van der Waals surface area contributed by atoms with Crippen molar-refractivity contribution < 1.29 is 9.59 Å². The van der Waals surface area contributed by atoms with Gasteiger partial charge in [0.25, 0.3) is 0 Å². The van der Waals surface area contributed by atoms with Crippen LogP contribution in [0.3, 0.4) is 0 Å². The Labute approximate surface area is 182 Å². The average Bonchev–Trinajstić information content (AvgIpc) is 3.15. The van der Waals surface area contributed by atoms with Gasteiger partial charge in [0.2, 0.25) is 11.8 Å². The highest BCUT2D eigenvalue weighted by Crippen LogP contribution is 2.17. The van der Waals surface area contributed by atoms with Crippen molar-refractivity contribution in [3.05, 3.63) is 46.5 Å². The van der Waals surface area contributed by atoms with Crippen LogP contribution in [-0.4, -0.2) is 59.8 Å². The van der Waals surface area contributed by atoms with E-state index in [1.807, 2.05) is 25.3 Å². The van der Waals surface area contributed by atoms with Crippen molar-refractivity contribution in [2.24, 2.45) is 5.92 Å². The first-order valence-corrected chi connectivity index (χ1v) is 11.3. The molecule has 0 aliphatic carbocycles. The van der Waals surface area contributed by atoms with Crippen LogP contribution in [-0.2, 0) is 29.1 Å². The molecule has 1 saturated heterocycles. The van der Waals surface area contributed by atoms with E-state index in [2.05, 4.69) is 50.7 Å². The van der Waals surface area contributed by atoms with E-state index in [0.29, 0.717) is 17.4 Å². The Morgan fingerprint density at radius 1 is 1.17 bits per heavy atom. The molecule has 0 atom stereocenters. The number of hydrogen-bond donors (Lipinski definition) is 2. The zero-order valence-electron chi connectivity index (χ0n) is 18.0. The molecule has 1 aromatic carbocycles. The Kier molecular flexibility index (Phi) is 7.95. The molecule has 3 rings (SSSR count). The molecule has 8 heteroatoms. The molecule has 0 radical (unpaired) electrons. The van der Waals surface area contributed by atoms with E-state index >= 15 is 0 Å². The van der Waals surface area contributed by atoms with Gasteiger partial charge in [-0.1, -0.05) is 38.1 Å². The highest BCUT2D eigenvalue weighted by Gasteiger charge is 2.14. The van der Waals surface area contributed by atoms with Crippen molar-refractivity contribution >= 4 is 28.3 Å². The summed E-state index contributed by atoms with van der Waals surface area (Å²) in [6.07, 6.45) is 0.203. The number of rotatable bonds is 8. The molecule has 0 unspecified atom stereocenters. The number of amides is 2. The van der Waals surface area contributed by atoms with Gasteiger partial charge in [-0.2, -0.15) is 0 Å². The number of nitrogens with zero attached hydrogens (tertiary/aromatic N) is 3. The predicted octanol–water partition coefficient (Wildman–Crippen LogP) is 2.34. The highest BCUT2D eigenvalue weighted by atomic mass is 32.1. The number of aromatic nitrogens is 1. The quantitative estimate of drug-likeness (QED) is 0.674. The number of nitrogens with one attached hydrogen (secondary N) is 2. The van der Waals surface area contributed by atoms with E-state index in [4.69, 9.17) is 0 Å². The Morgan fingerprint density at radius 3 is 2.63 bits per heavy atom. The lowest BCUT2D eigenvalue weighted by atomic mass is 10.1. The molecule has 2 amide bonds. The zero-order chi connectivity index (χ0) is 21.5. The van der Waals surface area contributed by atoms with E-state index in [1.54, 1.807) is 0 Å². The summed E-state index contributed by atoms with van der Waals surface area (Å²) >= 11 is 1.34. The Hall–Kier alpha value is -2.29. The van der Waals surface area contributed by atoms with Crippen LogP contribution in [0.15, 0.2) is 29.6 Å². The van der Waals surface area contributed by atoms with Crippen molar-refractivity contribution in [3.8, 4) is 0 Å². The van der Waals surface area contributed by atoms with E-state index in [1.165, 1.54) is 16.9 Å². The third kappa shape index (κ3) is 6.90. The standard InChI is InChI=1S/C22H31N5O2S/c1-16(2)21(29)25-22-24-19(15-30-22)12-20(28)23-13-17-5-4-6-18(11-17)14-27-9-7-26(3)8-10-27/h4-6,11,15-16H,7-10,12-14H2,1-3H3,(H,23,28)(H,24,25,29). The van der Waals surface area contributed by atoms with E-state index < -0.39 is 0 Å². The van der Waals surface area contributed by atoms with Gasteiger partial charge in [0.1, 0.15) is 0 Å². The maximum absolute atomic E-state index is 12.3. The molecule has 0 spiro atoms. The normalized spacial score (nSPS) is 15.3. The van der Waals surface area contributed by atoms with E-state index in [-0.39, 0.29) is 24.2 Å². The number of carbonyl (C=O) groups is 2. The first-order valence-electron chi connectivity index (χ1n) is 10.4. The van der Waals surface area contributed by atoms with Gasteiger partial charge in [0, 0.05) is 50.6 Å². The monoisotopic (exact) mass is 429 g/mol. The van der Waals surface area contributed by atoms with Gasteiger partial charge in [0.15, 0.2) is 5.13 Å². The Bertz CT molecular complexity index is 859. The number of piperazine rings is 1. The fourth-order valence-electron chi connectivity index (χ4n) is 3.23. The third-order valence-corrected chi connectivity index (χ3v) is 5.94. The molecule has 30 heavy (non-hydrogen) atoms. The second-order valence-corrected chi connectivity index (χ2v) is 9.00. The average molecular weight is 430 g/mol. The lowest BCUT2D eigenvalue weighted by Crippen LogP contribution is -2.43. The summed E-state index contributed by atoms with van der Waals surface area (Å²) < 4.78 is 0. The van der Waals surface area contributed by atoms with Gasteiger partial charge in [-0.3, -0.25) is 14.5 Å². The van der Waals surface area contributed by atoms with Gasteiger partial charge in [-0.25, -0.2) is 4.98 Å². The molecule has 1 fully saturated rings. The molecule has 2 heterocycles. The largest absolute Gasteiger partial charge is 0.352 e. The first-order chi connectivity index (χ1) is 14.4. The summed E-state index contributed by atoms with van der Waals surface area (Å²) in [6.45, 7) is 9.49. The summed E-state index contributed by atoms with van der Waals surface area (Å²) in [5.74, 6) is -0.254. The fraction of sp³-hybridized carbons (Fsp3) is 0.500. The van der Waals surface area contributed by atoms with Crippen LogP contribution in [0.2, 0.25) is 0 Å². The van der Waals surface area contributed by atoms with Gasteiger partial charge in [0.05, 0.1) is 12.1 Å². The van der Waals surface area contributed by atoms with Crippen LogP contribution in [0.4, 0.5) is 5.13 Å². The van der Waals surface area contributed by atoms with Gasteiger partial charge in [-0.15, -0.1) is 11.3 Å². The molecule has 1 aromatic heterocycles. The first kappa shape index (κ1) is 22.4. The second-order valence-electron chi connectivity index (χ2n) is 8.14. The maximum Gasteiger partial charge on any atom is 0.228 e. The van der Waals surface area contributed by atoms with Crippen LogP contribution < -0.4 is 10.6 Å². The minimum atomic E-state index is -0.104. The number of thiazole rings is 1. The summed E-state index contributed by atoms with van der Waals surface area (Å²) in [5, 5.41) is 8.08. The minimum absolute atomic E-state index is 0.0724. The third-order valence-electron chi connectivity index (χ3n) is 5.13. The zero-order valence-corrected chi connectivity index (χ0v) is 18.8. The molecule has 2 N–H and O–H groups in total. The summed E-state index contributed by atoms with van der Waals surface area (Å²) in [7, 11) is 2.16. The number of anilines is 1. The molecule has 1 aliphatic rings. The molecule has 2 aromatic rings. The highest BCUT2D eigenvalue weighted by molar-refractivity contribution is 7.13. The Balaban J connectivity index is 1.45. The van der Waals surface area contributed by atoms with E-state index in [0.717, 1.165) is 38.3 Å². The molecule has 0 saturated carbocycles. The topological polar surface area (TPSA) is 77.6 Å². The molecular formula is C22H31N5O2S. The molecule has 1 aliphatic heterocycles. The summed E-state index contributed by atoms with van der Waals surface area (Å²) in [4.78, 5) is 33.2. The van der Waals surface area contributed by atoms with Crippen LogP contribution in [0.25, 0.3) is 0 Å². The summed E-state index contributed by atoms with van der Waals surface area (Å²) in [5.41, 5.74) is 3.04. The smallest absolute Gasteiger partial charge is 0.228 e. The van der Waals surface area contributed by atoms with Crippen molar-refractivity contribution in [2.75, 3.05) is 38.5 Å². The number of likely N-dealkylation sites (N-methyl/N-ethyl adjacent to an activating group) is 1. The molecule has 162 valence electrons. The van der Waals surface area contributed by atoms with Crippen molar-refractivity contribution in [1.29, 1.82) is 0 Å². The predicted molar refractivity (Wildman–Crippen MR) is 120 cm³/mol. The van der Waals surface area contributed by atoms with Crippen molar-refractivity contribution in [2.45, 2.75) is 33.4 Å². The van der Waals surface area contributed by atoms with Crippen LogP contribution in [0.5, 0.6) is 0 Å². The SMILES string of the molecule is CC(C)C(=O)Nc1nc(CC(=O)NCc2cccc(CN3CCN(C)CC3)c2)cs1. The van der Waals surface area contributed by atoms with Crippen LogP contribution >= 0.6 is 11.3 Å². The molecular weight excluding hydrogens is 398 g/mol. The van der Waals surface area contributed by atoms with Crippen LogP contribution in [0.1, 0.15) is 30.7 Å². The lowest BCUT2D eigenvalue weighted by molar-refractivity contribution is -0.120. The fourth-order valence-corrected chi connectivity index (χ4v) is 3.94. The Morgan fingerprint density at radius 2 is 1.90 bits per heavy atom. The lowest BCUT2D eigenvalue weighted by Gasteiger charge is -2.32. The number of carbonyl (C=O) groups excluding carboxylic acids is 2. The van der Waals surface area contributed by atoms with Crippen molar-refractivity contribution in [3.63, 3.8) is 0 Å². The second kappa shape index (κ2) is 10.7. The summed E-state index contributed by atoms with van der Waals surface area (Å²) in [6, 6.07) is 8.40. The molecule has 7 nitrogen and oxygen atoms in total. The number of hydrogen-bond acceptors (Lipinski definition) is 6. The molecule has 0 bridgehead atoms.